The second-order valence-electron chi connectivity index (χ2n) is 0.355. The first-order valence-electron chi connectivity index (χ1n) is 0.817. The Morgan fingerprint density at radius 2 is 1.83 bits per heavy atom. The minimum Gasteiger partial charge on any atom is -0.454 e. The molecule has 0 atom stereocenters. The molecule has 0 aromatic carbocycles. The fraction of sp³-hybridized carbons (Fsp3) is 0. The zero-order valence-corrected chi connectivity index (χ0v) is 3.89. The summed E-state index contributed by atoms with van der Waals surface area (Å²) in [6.45, 7) is 0. The first-order chi connectivity index (χ1) is 2.27. The van der Waals surface area contributed by atoms with E-state index in [1.165, 1.54) is 0 Å². The van der Waals surface area contributed by atoms with Crippen LogP contribution in [0, 0.1) is 6.33 Å². The largest absolute Gasteiger partial charge is 1.00 e. The molecule has 0 aliphatic rings. The predicted molar refractivity (Wildman–Crippen MR) is 14.8 cm³/mol. The van der Waals surface area contributed by atoms with Crippen LogP contribution in [0.4, 0.5) is 8.78 Å². The SMILES string of the molecule is F[C-]=C(F)Cl.[Li+]. The van der Waals surface area contributed by atoms with Gasteiger partial charge in [-0.1, -0.05) is 11.6 Å². The van der Waals surface area contributed by atoms with Crippen LogP contribution in [0.15, 0.2) is 5.29 Å². The van der Waals surface area contributed by atoms with E-state index in [0.717, 1.165) is 0 Å². The smallest absolute Gasteiger partial charge is 0.454 e. The van der Waals surface area contributed by atoms with Gasteiger partial charge in [0.1, 0.15) is 0 Å². The van der Waals surface area contributed by atoms with Gasteiger partial charge in [-0.15, -0.1) is 0 Å². The third-order valence-electron chi connectivity index (χ3n) is 0.0714. The molecule has 0 saturated carbocycles. The van der Waals surface area contributed by atoms with E-state index in [9.17, 15) is 8.78 Å². The van der Waals surface area contributed by atoms with E-state index < -0.39 is 5.29 Å². The van der Waals surface area contributed by atoms with Crippen LogP contribution in [0.2, 0.25) is 0 Å². The van der Waals surface area contributed by atoms with E-state index in [0.29, 0.717) is 6.33 Å². The van der Waals surface area contributed by atoms with Crippen LogP contribution in [0.5, 0.6) is 0 Å². The summed E-state index contributed by atoms with van der Waals surface area (Å²) in [4.78, 5) is 0. The average molecular weight is 104 g/mol. The Morgan fingerprint density at radius 1 is 1.67 bits per heavy atom. The molecule has 0 nitrogen and oxygen atoms in total. The van der Waals surface area contributed by atoms with E-state index in [1.54, 1.807) is 0 Å². The molecule has 0 aromatic rings. The summed E-state index contributed by atoms with van der Waals surface area (Å²) in [5, 5.41) is -1.44. The van der Waals surface area contributed by atoms with Crippen molar-refractivity contribution in [2.24, 2.45) is 0 Å². The van der Waals surface area contributed by atoms with Gasteiger partial charge in [-0.05, 0) is 0 Å². The summed E-state index contributed by atoms with van der Waals surface area (Å²) in [5.74, 6) is 0. The molecule has 0 spiro atoms. The summed E-state index contributed by atoms with van der Waals surface area (Å²) >= 11 is 4.23. The molecule has 0 rings (SSSR count). The molecular formula is C2ClF2Li. The molecular weight excluding hydrogens is 104 g/mol. The van der Waals surface area contributed by atoms with Crippen LogP contribution < -0.4 is 18.9 Å². The number of hydrogen-bond acceptors (Lipinski definition) is 0. The van der Waals surface area contributed by atoms with E-state index >= 15 is 0 Å². The number of hydrogen-bond donors (Lipinski definition) is 0. The van der Waals surface area contributed by atoms with Gasteiger partial charge in [0.05, 0.1) is 0 Å². The number of rotatable bonds is 0. The van der Waals surface area contributed by atoms with Crippen molar-refractivity contribution in [3.05, 3.63) is 11.6 Å². The molecule has 0 heterocycles. The fourth-order valence-corrected chi connectivity index (χ4v) is 0. The molecule has 4 heteroatoms. The fourth-order valence-electron chi connectivity index (χ4n) is 0. The van der Waals surface area contributed by atoms with Crippen molar-refractivity contribution >= 4 is 11.6 Å². The molecule has 0 aromatic heterocycles. The number of halogens is 3. The summed E-state index contributed by atoms with van der Waals surface area (Å²) < 4.78 is 20.9. The van der Waals surface area contributed by atoms with Crippen molar-refractivity contribution in [1.29, 1.82) is 0 Å². The Bertz CT molecular complexity index is 49.5. The summed E-state index contributed by atoms with van der Waals surface area (Å²) in [6.07, 6.45) is 0.543. The van der Waals surface area contributed by atoms with Gasteiger partial charge < -0.3 is 4.39 Å². The Hall–Kier alpha value is 0.487. The second-order valence-corrected chi connectivity index (χ2v) is 0.687. The maximum absolute atomic E-state index is 10.6. The molecule has 0 N–H and O–H groups in total. The minimum atomic E-state index is -1.44. The van der Waals surface area contributed by atoms with Crippen LogP contribution in [0.25, 0.3) is 0 Å². The summed E-state index contributed by atoms with van der Waals surface area (Å²) in [5.41, 5.74) is 0. The predicted octanol–water partition coefficient (Wildman–Crippen LogP) is -1.23. The van der Waals surface area contributed by atoms with Crippen LogP contribution in [0.3, 0.4) is 0 Å². The molecule has 0 aliphatic carbocycles. The Morgan fingerprint density at radius 3 is 1.83 bits per heavy atom. The van der Waals surface area contributed by atoms with E-state index in [-0.39, 0.29) is 18.9 Å². The molecule has 30 valence electrons. The van der Waals surface area contributed by atoms with Crippen LogP contribution >= 0.6 is 11.6 Å². The van der Waals surface area contributed by atoms with Crippen molar-refractivity contribution in [3.63, 3.8) is 0 Å². The monoisotopic (exact) mass is 104 g/mol. The summed E-state index contributed by atoms with van der Waals surface area (Å²) in [7, 11) is 0. The van der Waals surface area contributed by atoms with Crippen LogP contribution in [-0.4, -0.2) is 0 Å². The molecule has 0 aliphatic heterocycles. The van der Waals surface area contributed by atoms with Crippen molar-refractivity contribution in [3.8, 4) is 0 Å². The molecule has 6 heavy (non-hydrogen) atoms. The van der Waals surface area contributed by atoms with Gasteiger partial charge in [0.25, 0.3) is 0 Å². The van der Waals surface area contributed by atoms with Gasteiger partial charge in [-0.2, -0.15) is 0 Å². The van der Waals surface area contributed by atoms with Crippen molar-refractivity contribution in [2.75, 3.05) is 0 Å². The Balaban J connectivity index is 0. The third kappa shape index (κ3) is 8.82. The van der Waals surface area contributed by atoms with E-state index in [2.05, 4.69) is 11.6 Å². The third-order valence-corrected chi connectivity index (χ3v) is 0.143. The van der Waals surface area contributed by atoms with Gasteiger partial charge in [0.2, 0.25) is 0 Å². The first kappa shape index (κ1) is 9.70. The average Bonchev–Trinajstić information content (AvgIpc) is 1.38. The van der Waals surface area contributed by atoms with Gasteiger partial charge in [-0.3, -0.25) is 6.33 Å². The van der Waals surface area contributed by atoms with Gasteiger partial charge >= 0.3 is 18.9 Å². The molecule has 0 unspecified atom stereocenters. The molecule has 0 saturated heterocycles. The second kappa shape index (κ2) is 5.49. The van der Waals surface area contributed by atoms with Gasteiger partial charge in [0, 0.05) is 5.29 Å². The normalized spacial score (nSPS) is 10.2. The van der Waals surface area contributed by atoms with Crippen molar-refractivity contribution in [1.82, 2.24) is 0 Å². The molecule has 0 amide bonds. The molecule has 0 bridgehead atoms. The Kier molecular flexibility index (Phi) is 8.87. The maximum Gasteiger partial charge on any atom is 1.00 e. The Labute approximate surface area is 51.3 Å². The van der Waals surface area contributed by atoms with Crippen molar-refractivity contribution in [2.45, 2.75) is 0 Å². The maximum atomic E-state index is 10.6. The van der Waals surface area contributed by atoms with Crippen LogP contribution in [-0.2, 0) is 0 Å². The van der Waals surface area contributed by atoms with Crippen molar-refractivity contribution < 1.29 is 27.6 Å². The quantitative estimate of drug-likeness (QED) is 0.267. The standard InChI is InChI=1S/C2ClF2.Li/c3-2(5)1-4;/q-1;+1. The minimum absolute atomic E-state index is 0. The van der Waals surface area contributed by atoms with Gasteiger partial charge in [-0.25, -0.2) is 4.39 Å². The van der Waals surface area contributed by atoms with E-state index in [1.807, 2.05) is 0 Å². The molecule has 0 fully saturated rings. The zero-order chi connectivity index (χ0) is 4.28. The topological polar surface area (TPSA) is 0 Å². The van der Waals surface area contributed by atoms with Gasteiger partial charge in [0.15, 0.2) is 0 Å². The summed E-state index contributed by atoms with van der Waals surface area (Å²) in [6, 6.07) is 0. The van der Waals surface area contributed by atoms with E-state index in [4.69, 9.17) is 0 Å². The molecule has 0 radical (unpaired) electrons. The van der Waals surface area contributed by atoms with Crippen LogP contribution in [0.1, 0.15) is 0 Å². The zero-order valence-electron chi connectivity index (χ0n) is 3.13. The first-order valence-corrected chi connectivity index (χ1v) is 1.19.